The Hall–Kier alpha value is -2.08. The quantitative estimate of drug-likeness (QED) is 0.793. The van der Waals surface area contributed by atoms with Crippen LogP contribution in [0.4, 0.5) is 18.9 Å². The van der Waals surface area contributed by atoms with Gasteiger partial charge in [-0.05, 0) is 38.5 Å². The van der Waals surface area contributed by atoms with Gasteiger partial charge in [-0.3, -0.25) is 9.40 Å². The molecule has 1 atom stereocenters. The van der Waals surface area contributed by atoms with E-state index >= 15 is 0 Å². The lowest BCUT2D eigenvalue weighted by Crippen LogP contribution is -2.17. The van der Waals surface area contributed by atoms with E-state index in [9.17, 15) is 30.0 Å². The monoisotopic (exact) mass is 437 g/mol. The van der Waals surface area contributed by atoms with Crippen molar-refractivity contribution in [2.75, 3.05) is 16.2 Å². The molecule has 28 heavy (non-hydrogen) atoms. The molecule has 2 aromatic rings. The Morgan fingerprint density at radius 1 is 1.25 bits per heavy atom. The molecule has 1 aliphatic heterocycles. The van der Waals surface area contributed by atoms with Crippen LogP contribution < -0.4 is 4.72 Å². The number of halogens is 3. The highest BCUT2D eigenvalue weighted by Crippen LogP contribution is 2.32. The van der Waals surface area contributed by atoms with Crippen LogP contribution in [-0.4, -0.2) is 38.1 Å². The van der Waals surface area contributed by atoms with Crippen molar-refractivity contribution in [1.29, 1.82) is 0 Å². The summed E-state index contributed by atoms with van der Waals surface area (Å²) in [5.74, 6) is -0.129. The van der Waals surface area contributed by atoms with Gasteiger partial charge in [-0.2, -0.15) is 18.3 Å². The number of nitrogens with zero attached hydrogens (tertiary/aromatic N) is 2. The van der Waals surface area contributed by atoms with Crippen molar-refractivity contribution in [3.05, 3.63) is 41.2 Å². The Bertz CT molecular complexity index is 1120. The van der Waals surface area contributed by atoms with Crippen LogP contribution in [-0.2, 0) is 26.0 Å². The van der Waals surface area contributed by atoms with Gasteiger partial charge in [0.1, 0.15) is 4.90 Å². The predicted octanol–water partition coefficient (Wildman–Crippen LogP) is 2.68. The Morgan fingerprint density at radius 3 is 2.50 bits per heavy atom. The number of rotatable bonds is 4. The maximum atomic E-state index is 12.9. The Labute approximate surface area is 160 Å². The lowest BCUT2D eigenvalue weighted by Gasteiger charge is -2.13. The minimum Gasteiger partial charge on any atom is -0.280 e. The van der Waals surface area contributed by atoms with Crippen LogP contribution in [0.15, 0.2) is 29.2 Å². The minimum absolute atomic E-state index is 0.000578. The molecule has 0 saturated carbocycles. The summed E-state index contributed by atoms with van der Waals surface area (Å²) in [6.07, 6.45) is -4.28. The second-order valence-corrected chi connectivity index (χ2v) is 10.5. The average Bonchev–Trinajstić information content (AvgIpc) is 3.05. The van der Waals surface area contributed by atoms with Crippen LogP contribution in [0.5, 0.6) is 0 Å². The number of hydrogen-bond donors (Lipinski definition) is 1. The highest BCUT2D eigenvalue weighted by molar-refractivity contribution is 7.92. The molecule has 1 aliphatic rings. The molecule has 2 heterocycles. The number of alkyl halides is 3. The highest BCUT2D eigenvalue weighted by Gasteiger charge is 2.34. The van der Waals surface area contributed by atoms with Gasteiger partial charge in [0, 0.05) is 5.69 Å². The van der Waals surface area contributed by atoms with Gasteiger partial charge in [0.25, 0.3) is 10.0 Å². The Kier molecular flexibility index (Phi) is 4.99. The largest absolute Gasteiger partial charge is 0.416 e. The molecule has 3 rings (SSSR count). The van der Waals surface area contributed by atoms with Crippen molar-refractivity contribution in [2.45, 2.75) is 37.4 Å². The first kappa shape index (κ1) is 20.6. The molecular weight excluding hydrogens is 419 g/mol. The second kappa shape index (κ2) is 6.76. The highest BCUT2D eigenvalue weighted by atomic mass is 32.2. The fraction of sp³-hybridized carbons (Fsp3) is 0.438. The van der Waals surface area contributed by atoms with Crippen LogP contribution in [0, 0.1) is 13.8 Å². The topological polar surface area (TPSA) is 98.1 Å². The summed E-state index contributed by atoms with van der Waals surface area (Å²) in [6, 6.07) is 3.39. The number of aryl methyl sites for hydroxylation is 1. The van der Waals surface area contributed by atoms with Crippen molar-refractivity contribution >= 4 is 25.5 Å². The summed E-state index contributed by atoms with van der Waals surface area (Å²) in [6.45, 7) is 2.94. The minimum atomic E-state index is -4.61. The number of sulfonamides is 1. The van der Waals surface area contributed by atoms with Crippen LogP contribution in [0.2, 0.25) is 0 Å². The molecule has 0 bridgehead atoms. The van der Waals surface area contributed by atoms with E-state index in [0.29, 0.717) is 12.5 Å². The second-order valence-electron chi connectivity index (χ2n) is 6.69. The smallest absolute Gasteiger partial charge is 0.280 e. The van der Waals surface area contributed by atoms with Gasteiger partial charge in [-0.25, -0.2) is 16.8 Å². The number of hydrogen-bond acceptors (Lipinski definition) is 5. The molecule has 0 spiro atoms. The molecule has 1 saturated heterocycles. The van der Waals surface area contributed by atoms with E-state index < -0.39 is 37.6 Å². The third kappa shape index (κ3) is 4.02. The summed E-state index contributed by atoms with van der Waals surface area (Å²) >= 11 is 0. The number of anilines is 1. The van der Waals surface area contributed by atoms with E-state index in [1.54, 1.807) is 0 Å². The van der Waals surface area contributed by atoms with Crippen LogP contribution in [0.25, 0.3) is 0 Å². The summed E-state index contributed by atoms with van der Waals surface area (Å²) in [7, 11) is -7.42. The van der Waals surface area contributed by atoms with Crippen molar-refractivity contribution in [1.82, 2.24) is 9.78 Å². The molecule has 7 nitrogen and oxygen atoms in total. The Balaban J connectivity index is 1.95. The first-order valence-corrected chi connectivity index (χ1v) is 11.6. The van der Waals surface area contributed by atoms with E-state index in [2.05, 4.69) is 9.82 Å². The Morgan fingerprint density at radius 2 is 1.93 bits per heavy atom. The number of aromatic nitrogens is 2. The third-order valence-corrected chi connectivity index (χ3v) is 7.91. The zero-order valence-corrected chi connectivity index (χ0v) is 16.6. The molecule has 1 aromatic heterocycles. The lowest BCUT2D eigenvalue weighted by atomic mass is 10.2. The van der Waals surface area contributed by atoms with Crippen molar-refractivity contribution in [3.8, 4) is 0 Å². The maximum Gasteiger partial charge on any atom is 0.416 e. The molecule has 12 heteroatoms. The summed E-state index contributed by atoms with van der Waals surface area (Å²) < 4.78 is 91.1. The predicted molar refractivity (Wildman–Crippen MR) is 96.3 cm³/mol. The van der Waals surface area contributed by atoms with Gasteiger partial charge in [-0.1, -0.05) is 6.07 Å². The standard InChI is InChI=1S/C16H18F3N3O4S2/c1-10-15(11(2)22(20-10)14-6-7-27(23,24)9-14)28(25,26)21-13-5-3-4-12(8-13)16(17,18)19/h3-5,8,14,21H,6-7,9H2,1-2H3. The van der Waals surface area contributed by atoms with E-state index in [-0.39, 0.29) is 33.5 Å². The van der Waals surface area contributed by atoms with E-state index in [4.69, 9.17) is 0 Å². The van der Waals surface area contributed by atoms with Crippen LogP contribution >= 0.6 is 0 Å². The fourth-order valence-corrected chi connectivity index (χ4v) is 6.47. The van der Waals surface area contributed by atoms with Crippen LogP contribution in [0.1, 0.15) is 29.4 Å². The zero-order valence-electron chi connectivity index (χ0n) is 15.0. The van der Waals surface area contributed by atoms with Crippen molar-refractivity contribution < 1.29 is 30.0 Å². The van der Waals surface area contributed by atoms with Gasteiger partial charge in [-0.15, -0.1) is 0 Å². The van der Waals surface area contributed by atoms with E-state index in [1.807, 2.05) is 0 Å². The van der Waals surface area contributed by atoms with Gasteiger partial charge in [0.2, 0.25) is 0 Å². The van der Waals surface area contributed by atoms with Crippen molar-refractivity contribution in [2.24, 2.45) is 0 Å². The number of benzene rings is 1. The molecule has 0 radical (unpaired) electrons. The first-order valence-electron chi connectivity index (χ1n) is 8.26. The summed E-state index contributed by atoms with van der Waals surface area (Å²) in [4.78, 5) is -0.172. The molecule has 1 aromatic carbocycles. The zero-order chi connectivity index (χ0) is 20.9. The molecule has 1 unspecified atom stereocenters. The lowest BCUT2D eigenvalue weighted by molar-refractivity contribution is -0.137. The van der Waals surface area contributed by atoms with E-state index in [1.165, 1.54) is 24.6 Å². The molecule has 0 aliphatic carbocycles. The SMILES string of the molecule is Cc1nn(C2CCS(=O)(=O)C2)c(C)c1S(=O)(=O)Nc1cccc(C(F)(F)F)c1. The van der Waals surface area contributed by atoms with Gasteiger partial charge in [0.15, 0.2) is 9.84 Å². The summed E-state index contributed by atoms with van der Waals surface area (Å²) in [5.41, 5.74) is -0.835. The maximum absolute atomic E-state index is 12.9. The van der Waals surface area contributed by atoms with Gasteiger partial charge >= 0.3 is 6.18 Å². The summed E-state index contributed by atoms with van der Waals surface area (Å²) in [5, 5.41) is 4.18. The molecule has 1 N–H and O–H groups in total. The van der Waals surface area contributed by atoms with Crippen LogP contribution in [0.3, 0.4) is 0 Å². The molecule has 154 valence electrons. The average molecular weight is 437 g/mol. The first-order chi connectivity index (χ1) is 12.8. The molecular formula is C16H18F3N3O4S2. The fourth-order valence-electron chi connectivity index (χ4n) is 3.33. The van der Waals surface area contributed by atoms with E-state index in [0.717, 1.165) is 12.1 Å². The third-order valence-electron chi connectivity index (χ3n) is 4.52. The van der Waals surface area contributed by atoms with Gasteiger partial charge < -0.3 is 0 Å². The van der Waals surface area contributed by atoms with Crippen molar-refractivity contribution in [3.63, 3.8) is 0 Å². The van der Waals surface area contributed by atoms with Gasteiger partial charge in [0.05, 0.1) is 34.5 Å². The number of nitrogens with one attached hydrogen (secondary N) is 1. The number of sulfone groups is 1. The molecule has 1 fully saturated rings. The normalized spacial score (nSPS) is 19.7. The molecule has 0 amide bonds.